The smallest absolute Gasteiger partial charge is 0.416 e. The number of nitrogens with one attached hydrogen (secondary N) is 2. The minimum atomic E-state index is -4.43. The van der Waals surface area contributed by atoms with Gasteiger partial charge in [-0.2, -0.15) is 13.2 Å². The zero-order chi connectivity index (χ0) is 16.0. The molecular formula is C14H16F3N3O2. The summed E-state index contributed by atoms with van der Waals surface area (Å²) in [6.07, 6.45) is -3.02. The number of hydrogen-bond donors (Lipinski definition) is 3. The van der Waals surface area contributed by atoms with E-state index in [1.54, 1.807) is 0 Å². The molecule has 3 rings (SSSR count). The molecule has 2 heterocycles. The average molecular weight is 315 g/mol. The molecule has 3 unspecified atom stereocenters. The van der Waals surface area contributed by atoms with Crippen LogP contribution in [0.5, 0.6) is 0 Å². The van der Waals surface area contributed by atoms with Crippen molar-refractivity contribution in [2.45, 2.75) is 31.0 Å². The van der Waals surface area contributed by atoms with E-state index >= 15 is 0 Å². The molecule has 5 nitrogen and oxygen atoms in total. The second-order valence-corrected chi connectivity index (χ2v) is 5.99. The summed E-state index contributed by atoms with van der Waals surface area (Å²) in [6.45, 7) is 1.46. The lowest BCUT2D eigenvalue weighted by atomic mass is 9.55. The molecule has 8 heteroatoms. The molecule has 1 saturated heterocycles. The van der Waals surface area contributed by atoms with Crippen molar-refractivity contribution in [2.75, 3.05) is 13.1 Å². The number of amides is 1. The number of hydrogen-bond acceptors (Lipinski definition) is 3. The monoisotopic (exact) mass is 315 g/mol. The summed E-state index contributed by atoms with van der Waals surface area (Å²) >= 11 is 0. The van der Waals surface area contributed by atoms with Crippen molar-refractivity contribution in [1.82, 2.24) is 15.6 Å². The summed E-state index contributed by atoms with van der Waals surface area (Å²) < 4.78 is 38.6. The highest BCUT2D eigenvalue weighted by atomic mass is 19.4. The molecule has 2 fully saturated rings. The highest BCUT2D eigenvalue weighted by Crippen LogP contribution is 2.56. The quantitative estimate of drug-likeness (QED) is 0.782. The maximum Gasteiger partial charge on any atom is 0.416 e. The number of halogens is 3. The zero-order valence-corrected chi connectivity index (χ0v) is 11.7. The van der Waals surface area contributed by atoms with Gasteiger partial charge in [0.05, 0.1) is 5.56 Å². The lowest BCUT2D eigenvalue weighted by Gasteiger charge is -2.52. The number of carboxylic acid groups (broad SMARTS) is 1. The van der Waals surface area contributed by atoms with Crippen LogP contribution in [0.3, 0.4) is 0 Å². The maximum atomic E-state index is 12.9. The van der Waals surface area contributed by atoms with Crippen LogP contribution in [0.1, 0.15) is 30.0 Å². The third-order valence-electron chi connectivity index (χ3n) is 4.70. The van der Waals surface area contributed by atoms with Crippen LogP contribution in [0.4, 0.5) is 18.0 Å². The Labute approximate surface area is 124 Å². The van der Waals surface area contributed by atoms with Crippen molar-refractivity contribution >= 4 is 6.09 Å². The van der Waals surface area contributed by atoms with Crippen LogP contribution in [0.2, 0.25) is 0 Å². The van der Waals surface area contributed by atoms with Gasteiger partial charge in [0, 0.05) is 30.4 Å². The topological polar surface area (TPSA) is 74.2 Å². The van der Waals surface area contributed by atoms with Crippen LogP contribution in [-0.4, -0.2) is 35.3 Å². The number of rotatable bonds is 2. The Balaban J connectivity index is 1.93. The first-order valence-electron chi connectivity index (χ1n) is 7.05. The Kier molecular flexibility index (Phi) is 3.51. The van der Waals surface area contributed by atoms with Gasteiger partial charge >= 0.3 is 12.3 Å². The standard InChI is InChI=1S/C14H16F3N3O2/c15-14(16,17)8-1-3-19-9(5-8)11-10(20-12(21)22)6-13(11)2-4-18-7-13/h1,3,5,10-11,18,20H,2,4,6-7H2,(H,21,22). The fourth-order valence-electron chi connectivity index (χ4n) is 3.76. The molecule has 0 bridgehead atoms. The Bertz CT molecular complexity index is 585. The van der Waals surface area contributed by atoms with Gasteiger partial charge in [-0.1, -0.05) is 0 Å². The zero-order valence-electron chi connectivity index (χ0n) is 11.7. The molecule has 0 radical (unpaired) electrons. The molecule has 1 aromatic heterocycles. The largest absolute Gasteiger partial charge is 0.465 e. The van der Waals surface area contributed by atoms with E-state index in [2.05, 4.69) is 15.6 Å². The molecule has 22 heavy (non-hydrogen) atoms. The minimum absolute atomic E-state index is 0.204. The Hall–Kier alpha value is -1.83. The molecule has 1 aliphatic heterocycles. The van der Waals surface area contributed by atoms with Crippen LogP contribution < -0.4 is 10.6 Å². The third-order valence-corrected chi connectivity index (χ3v) is 4.70. The summed E-state index contributed by atoms with van der Waals surface area (Å²) in [5.74, 6) is -0.332. The van der Waals surface area contributed by atoms with E-state index in [9.17, 15) is 18.0 Å². The van der Waals surface area contributed by atoms with Crippen molar-refractivity contribution in [3.8, 4) is 0 Å². The second-order valence-electron chi connectivity index (χ2n) is 5.99. The van der Waals surface area contributed by atoms with Gasteiger partial charge in [-0.05, 0) is 36.9 Å². The predicted molar refractivity (Wildman–Crippen MR) is 71.5 cm³/mol. The molecule has 2 aliphatic rings. The first-order chi connectivity index (χ1) is 10.3. The SMILES string of the molecule is O=C(O)NC1CC2(CCNC2)C1c1cc(C(F)(F)F)ccn1. The van der Waals surface area contributed by atoms with Crippen molar-refractivity contribution in [2.24, 2.45) is 5.41 Å². The van der Waals surface area contributed by atoms with Crippen LogP contribution in [0, 0.1) is 5.41 Å². The number of carbonyl (C=O) groups is 1. The van der Waals surface area contributed by atoms with E-state index in [-0.39, 0.29) is 11.3 Å². The molecule has 1 spiro atoms. The summed E-state index contributed by atoms with van der Waals surface area (Å²) in [6, 6.07) is 1.58. The molecular weight excluding hydrogens is 299 g/mol. The normalized spacial score (nSPS) is 31.0. The molecule has 1 amide bonds. The summed E-state index contributed by atoms with van der Waals surface area (Å²) in [5, 5.41) is 14.5. The van der Waals surface area contributed by atoms with Gasteiger partial charge in [0.1, 0.15) is 0 Å². The number of aromatic nitrogens is 1. The van der Waals surface area contributed by atoms with Gasteiger partial charge in [0.2, 0.25) is 0 Å². The van der Waals surface area contributed by atoms with Gasteiger partial charge in [0.25, 0.3) is 0 Å². The van der Waals surface area contributed by atoms with E-state index in [4.69, 9.17) is 5.11 Å². The van der Waals surface area contributed by atoms with Crippen LogP contribution >= 0.6 is 0 Å². The van der Waals surface area contributed by atoms with Gasteiger partial charge in [-0.25, -0.2) is 4.79 Å². The first kappa shape index (κ1) is 15.1. The van der Waals surface area contributed by atoms with Crippen LogP contribution in [0.25, 0.3) is 0 Å². The van der Waals surface area contributed by atoms with Gasteiger partial charge in [-0.15, -0.1) is 0 Å². The Morgan fingerprint density at radius 1 is 1.50 bits per heavy atom. The summed E-state index contributed by atoms with van der Waals surface area (Å²) in [5.41, 5.74) is -0.646. The number of alkyl halides is 3. The Morgan fingerprint density at radius 2 is 2.27 bits per heavy atom. The predicted octanol–water partition coefficient (Wildman–Crippen LogP) is 2.20. The molecule has 0 aromatic carbocycles. The van der Waals surface area contributed by atoms with Gasteiger partial charge < -0.3 is 15.7 Å². The van der Waals surface area contributed by atoms with Crippen LogP contribution in [0.15, 0.2) is 18.3 Å². The van der Waals surface area contributed by atoms with Crippen molar-refractivity contribution in [3.05, 3.63) is 29.6 Å². The fraction of sp³-hybridized carbons (Fsp3) is 0.571. The maximum absolute atomic E-state index is 12.9. The fourth-order valence-corrected chi connectivity index (χ4v) is 3.76. The lowest BCUT2D eigenvalue weighted by molar-refractivity contribution is -0.137. The van der Waals surface area contributed by atoms with Crippen molar-refractivity contribution in [3.63, 3.8) is 0 Å². The first-order valence-corrected chi connectivity index (χ1v) is 7.05. The average Bonchev–Trinajstić information content (AvgIpc) is 2.88. The highest BCUT2D eigenvalue weighted by Gasteiger charge is 2.56. The van der Waals surface area contributed by atoms with E-state index in [0.29, 0.717) is 18.7 Å². The highest BCUT2D eigenvalue weighted by molar-refractivity contribution is 5.65. The molecule has 1 saturated carbocycles. The molecule has 1 aromatic rings. The minimum Gasteiger partial charge on any atom is -0.465 e. The van der Waals surface area contributed by atoms with Crippen LogP contribution in [-0.2, 0) is 6.18 Å². The third kappa shape index (κ3) is 2.51. The Morgan fingerprint density at radius 3 is 2.86 bits per heavy atom. The van der Waals surface area contributed by atoms with Gasteiger partial charge in [-0.3, -0.25) is 4.98 Å². The number of pyridine rings is 1. The van der Waals surface area contributed by atoms with E-state index in [1.807, 2.05) is 0 Å². The van der Waals surface area contributed by atoms with E-state index < -0.39 is 23.9 Å². The van der Waals surface area contributed by atoms with Crippen molar-refractivity contribution < 1.29 is 23.1 Å². The molecule has 1 aliphatic carbocycles. The lowest BCUT2D eigenvalue weighted by Crippen LogP contribution is -2.58. The summed E-state index contributed by atoms with van der Waals surface area (Å²) in [7, 11) is 0. The van der Waals surface area contributed by atoms with E-state index in [0.717, 1.165) is 31.3 Å². The number of nitrogens with zero attached hydrogens (tertiary/aromatic N) is 1. The van der Waals surface area contributed by atoms with Gasteiger partial charge in [0.15, 0.2) is 0 Å². The molecule has 3 atom stereocenters. The van der Waals surface area contributed by atoms with E-state index in [1.165, 1.54) is 0 Å². The molecule has 3 N–H and O–H groups in total. The second kappa shape index (κ2) is 5.12. The summed E-state index contributed by atoms with van der Waals surface area (Å²) in [4.78, 5) is 15.0. The van der Waals surface area contributed by atoms with Crippen molar-refractivity contribution in [1.29, 1.82) is 0 Å². The molecule has 120 valence electrons.